The second-order valence-corrected chi connectivity index (χ2v) is 5.06. The number of rotatable bonds is 4. The number of aromatic nitrogens is 1. The minimum absolute atomic E-state index is 0.476. The van der Waals surface area contributed by atoms with E-state index in [9.17, 15) is 0 Å². The Morgan fingerprint density at radius 2 is 2.39 bits per heavy atom. The monoisotopic (exact) mass is 249 g/mol. The Hall–Kier alpha value is -1.13. The summed E-state index contributed by atoms with van der Waals surface area (Å²) in [6, 6.07) is 4.52. The van der Waals surface area contributed by atoms with Crippen LogP contribution in [-0.2, 0) is 6.54 Å². The number of hydrogen-bond acceptors (Lipinski definition) is 4. The standard InChI is InChI=1S/C14H23N3O/c1-11-5-4-8-17(13(11)9-15)10-12-6-3-7-16-14(12)18-2/h3,6-7,11,13H,4-5,8-10,15H2,1-2H3. The Balaban J connectivity index is 2.11. The van der Waals surface area contributed by atoms with Crippen LogP contribution in [0.25, 0.3) is 0 Å². The van der Waals surface area contributed by atoms with Gasteiger partial charge in [-0.15, -0.1) is 0 Å². The average molecular weight is 249 g/mol. The van der Waals surface area contributed by atoms with E-state index < -0.39 is 0 Å². The van der Waals surface area contributed by atoms with Gasteiger partial charge in [0.05, 0.1) is 7.11 Å². The molecule has 0 saturated carbocycles. The van der Waals surface area contributed by atoms with Gasteiger partial charge in [0, 0.05) is 30.9 Å². The first-order chi connectivity index (χ1) is 8.76. The summed E-state index contributed by atoms with van der Waals surface area (Å²) < 4.78 is 5.31. The minimum Gasteiger partial charge on any atom is -0.481 e. The minimum atomic E-state index is 0.476. The van der Waals surface area contributed by atoms with Crippen molar-refractivity contribution in [3.8, 4) is 5.88 Å². The highest BCUT2D eigenvalue weighted by molar-refractivity contribution is 5.25. The molecule has 1 aliphatic rings. The molecule has 1 aliphatic heterocycles. The molecule has 2 rings (SSSR count). The van der Waals surface area contributed by atoms with E-state index in [0.29, 0.717) is 12.0 Å². The molecular weight excluding hydrogens is 226 g/mol. The number of methoxy groups -OCH3 is 1. The van der Waals surface area contributed by atoms with Crippen LogP contribution in [0.1, 0.15) is 25.3 Å². The molecule has 0 spiro atoms. The molecule has 100 valence electrons. The third-order valence-electron chi connectivity index (χ3n) is 3.89. The first-order valence-corrected chi connectivity index (χ1v) is 6.68. The maximum absolute atomic E-state index is 5.92. The molecule has 18 heavy (non-hydrogen) atoms. The summed E-state index contributed by atoms with van der Waals surface area (Å²) in [6.45, 7) is 5.02. The smallest absolute Gasteiger partial charge is 0.217 e. The Kier molecular flexibility index (Phi) is 4.55. The molecule has 2 heterocycles. The van der Waals surface area contributed by atoms with Gasteiger partial charge in [-0.3, -0.25) is 4.90 Å². The molecule has 4 heteroatoms. The largest absolute Gasteiger partial charge is 0.481 e. The lowest BCUT2D eigenvalue weighted by molar-refractivity contribution is 0.0979. The Morgan fingerprint density at radius 1 is 1.56 bits per heavy atom. The number of hydrogen-bond donors (Lipinski definition) is 1. The molecule has 4 nitrogen and oxygen atoms in total. The van der Waals surface area contributed by atoms with Crippen molar-refractivity contribution < 1.29 is 4.74 Å². The number of pyridine rings is 1. The van der Waals surface area contributed by atoms with Crippen LogP contribution >= 0.6 is 0 Å². The van der Waals surface area contributed by atoms with Crippen LogP contribution in [0.4, 0.5) is 0 Å². The Labute approximate surface area is 109 Å². The van der Waals surface area contributed by atoms with Crippen LogP contribution in [0, 0.1) is 5.92 Å². The average Bonchev–Trinajstić information content (AvgIpc) is 2.40. The maximum atomic E-state index is 5.92. The van der Waals surface area contributed by atoms with E-state index in [0.717, 1.165) is 31.1 Å². The molecule has 0 amide bonds. The molecule has 0 aromatic carbocycles. The van der Waals surface area contributed by atoms with Crippen molar-refractivity contribution in [3.63, 3.8) is 0 Å². The molecule has 2 unspecified atom stereocenters. The fourth-order valence-electron chi connectivity index (χ4n) is 2.86. The van der Waals surface area contributed by atoms with E-state index in [1.165, 1.54) is 12.8 Å². The Bertz CT molecular complexity index is 383. The van der Waals surface area contributed by atoms with Crippen molar-refractivity contribution in [2.24, 2.45) is 11.7 Å². The van der Waals surface area contributed by atoms with Gasteiger partial charge in [-0.2, -0.15) is 0 Å². The molecule has 2 atom stereocenters. The Morgan fingerprint density at radius 3 is 3.11 bits per heavy atom. The van der Waals surface area contributed by atoms with Gasteiger partial charge >= 0.3 is 0 Å². The predicted molar refractivity (Wildman–Crippen MR) is 72.4 cm³/mol. The summed E-state index contributed by atoms with van der Waals surface area (Å²) in [5, 5.41) is 0. The van der Waals surface area contributed by atoms with Crippen LogP contribution in [0.3, 0.4) is 0 Å². The van der Waals surface area contributed by atoms with E-state index in [4.69, 9.17) is 10.5 Å². The van der Waals surface area contributed by atoms with E-state index >= 15 is 0 Å². The fourth-order valence-corrected chi connectivity index (χ4v) is 2.86. The lowest BCUT2D eigenvalue weighted by Crippen LogP contribution is -2.48. The molecule has 1 fully saturated rings. The topological polar surface area (TPSA) is 51.4 Å². The van der Waals surface area contributed by atoms with Crippen molar-refractivity contribution >= 4 is 0 Å². The van der Waals surface area contributed by atoms with Crippen LogP contribution in [0.2, 0.25) is 0 Å². The first-order valence-electron chi connectivity index (χ1n) is 6.68. The predicted octanol–water partition coefficient (Wildman–Crippen LogP) is 1.65. The fraction of sp³-hybridized carbons (Fsp3) is 0.643. The number of ether oxygens (including phenoxy) is 1. The SMILES string of the molecule is COc1ncccc1CN1CCCC(C)C1CN. The van der Waals surface area contributed by atoms with E-state index in [2.05, 4.69) is 22.9 Å². The van der Waals surface area contributed by atoms with Gasteiger partial charge in [-0.25, -0.2) is 4.98 Å². The number of nitrogens with zero attached hydrogens (tertiary/aromatic N) is 2. The van der Waals surface area contributed by atoms with Gasteiger partial charge < -0.3 is 10.5 Å². The second-order valence-electron chi connectivity index (χ2n) is 5.06. The molecule has 1 aromatic rings. The summed E-state index contributed by atoms with van der Waals surface area (Å²) in [5.41, 5.74) is 7.07. The number of piperidine rings is 1. The van der Waals surface area contributed by atoms with Crippen LogP contribution < -0.4 is 10.5 Å². The zero-order valence-corrected chi connectivity index (χ0v) is 11.3. The van der Waals surface area contributed by atoms with E-state index in [-0.39, 0.29) is 0 Å². The number of nitrogens with two attached hydrogens (primary N) is 1. The highest BCUT2D eigenvalue weighted by Gasteiger charge is 2.27. The van der Waals surface area contributed by atoms with Crippen molar-refractivity contribution in [3.05, 3.63) is 23.9 Å². The van der Waals surface area contributed by atoms with Crippen LogP contribution in [0.5, 0.6) is 5.88 Å². The van der Waals surface area contributed by atoms with Crippen LogP contribution in [-0.4, -0.2) is 36.1 Å². The van der Waals surface area contributed by atoms with Crippen molar-refractivity contribution in [1.82, 2.24) is 9.88 Å². The van der Waals surface area contributed by atoms with Crippen molar-refractivity contribution in [1.29, 1.82) is 0 Å². The summed E-state index contributed by atoms with van der Waals surface area (Å²) in [6.07, 6.45) is 4.30. The highest BCUT2D eigenvalue weighted by Crippen LogP contribution is 2.26. The van der Waals surface area contributed by atoms with E-state index in [1.54, 1.807) is 13.3 Å². The van der Waals surface area contributed by atoms with Crippen molar-refractivity contribution in [2.45, 2.75) is 32.4 Å². The summed E-state index contributed by atoms with van der Waals surface area (Å²) in [4.78, 5) is 6.72. The normalized spacial score (nSPS) is 25.1. The zero-order valence-electron chi connectivity index (χ0n) is 11.3. The third-order valence-corrected chi connectivity index (χ3v) is 3.89. The molecule has 0 aliphatic carbocycles. The lowest BCUT2D eigenvalue weighted by Gasteiger charge is -2.39. The van der Waals surface area contributed by atoms with Gasteiger partial charge in [-0.05, 0) is 31.4 Å². The van der Waals surface area contributed by atoms with Gasteiger partial charge in [0.25, 0.3) is 0 Å². The molecule has 1 aromatic heterocycles. The van der Waals surface area contributed by atoms with E-state index in [1.807, 2.05) is 6.07 Å². The molecular formula is C14H23N3O. The van der Waals surface area contributed by atoms with Crippen LogP contribution in [0.15, 0.2) is 18.3 Å². The summed E-state index contributed by atoms with van der Waals surface area (Å²) in [7, 11) is 1.67. The zero-order chi connectivity index (χ0) is 13.0. The van der Waals surface area contributed by atoms with Gasteiger partial charge in [0.1, 0.15) is 0 Å². The first kappa shape index (κ1) is 13.3. The molecule has 2 N–H and O–H groups in total. The quantitative estimate of drug-likeness (QED) is 0.881. The molecule has 1 saturated heterocycles. The third kappa shape index (κ3) is 2.82. The maximum Gasteiger partial charge on any atom is 0.217 e. The second kappa shape index (κ2) is 6.16. The van der Waals surface area contributed by atoms with Gasteiger partial charge in [0.2, 0.25) is 5.88 Å². The molecule has 0 radical (unpaired) electrons. The van der Waals surface area contributed by atoms with Crippen molar-refractivity contribution in [2.75, 3.05) is 20.2 Å². The molecule has 0 bridgehead atoms. The summed E-state index contributed by atoms with van der Waals surface area (Å²) in [5.74, 6) is 1.40. The van der Waals surface area contributed by atoms with Gasteiger partial charge in [-0.1, -0.05) is 13.0 Å². The highest BCUT2D eigenvalue weighted by atomic mass is 16.5. The summed E-state index contributed by atoms with van der Waals surface area (Å²) >= 11 is 0. The van der Waals surface area contributed by atoms with Gasteiger partial charge in [0.15, 0.2) is 0 Å². The number of likely N-dealkylation sites (tertiary alicyclic amines) is 1. The lowest BCUT2D eigenvalue weighted by atomic mass is 9.90.